The predicted octanol–water partition coefficient (Wildman–Crippen LogP) is 2.56. The van der Waals surface area contributed by atoms with E-state index in [2.05, 4.69) is 6.92 Å². The van der Waals surface area contributed by atoms with Gasteiger partial charge in [-0.05, 0) is 38.0 Å². The Labute approximate surface area is 120 Å². The van der Waals surface area contributed by atoms with Gasteiger partial charge >= 0.3 is 12.0 Å². The number of likely N-dealkylation sites (tertiary alicyclic amines) is 2. The zero-order valence-electron chi connectivity index (χ0n) is 12.6. The van der Waals surface area contributed by atoms with Gasteiger partial charge in [-0.15, -0.1) is 0 Å². The number of rotatable bonds is 4. The van der Waals surface area contributed by atoms with Crippen molar-refractivity contribution in [3.05, 3.63) is 0 Å². The normalized spacial score (nSPS) is 30.0. The minimum atomic E-state index is -0.972. The lowest BCUT2D eigenvalue weighted by molar-refractivity contribution is -0.148. The lowest BCUT2D eigenvalue weighted by atomic mass is 9.93. The lowest BCUT2D eigenvalue weighted by Gasteiger charge is -2.36. The van der Waals surface area contributed by atoms with E-state index in [1.165, 1.54) is 0 Å². The van der Waals surface area contributed by atoms with E-state index >= 15 is 0 Å². The summed E-state index contributed by atoms with van der Waals surface area (Å²) in [6, 6.07) is -0.0645. The Kier molecular flexibility index (Phi) is 4.55. The Morgan fingerprint density at radius 3 is 2.65 bits per heavy atom. The van der Waals surface area contributed by atoms with E-state index in [4.69, 9.17) is 0 Å². The molecular formula is C15H26N2O3. The van der Waals surface area contributed by atoms with Gasteiger partial charge in [-0.3, -0.25) is 0 Å². The van der Waals surface area contributed by atoms with E-state index in [1.54, 1.807) is 4.90 Å². The Morgan fingerprint density at radius 1 is 1.30 bits per heavy atom. The summed E-state index contributed by atoms with van der Waals surface area (Å²) in [5.41, 5.74) is -0.972. The van der Waals surface area contributed by atoms with Crippen LogP contribution < -0.4 is 0 Å². The summed E-state index contributed by atoms with van der Waals surface area (Å²) in [6.07, 6.45) is 5.21. The molecule has 0 aromatic carbocycles. The molecule has 0 aromatic heterocycles. The van der Waals surface area contributed by atoms with Crippen LogP contribution in [0.15, 0.2) is 0 Å². The van der Waals surface area contributed by atoms with Crippen LogP contribution in [0.1, 0.15) is 52.4 Å². The minimum absolute atomic E-state index is 0.0645. The van der Waals surface area contributed by atoms with E-state index < -0.39 is 11.5 Å². The first kappa shape index (κ1) is 15.1. The fourth-order valence-electron chi connectivity index (χ4n) is 3.72. The molecular weight excluding hydrogens is 256 g/mol. The van der Waals surface area contributed by atoms with Gasteiger partial charge in [-0.1, -0.05) is 20.3 Å². The Balaban J connectivity index is 2.07. The number of aliphatic carboxylic acids is 1. The quantitative estimate of drug-likeness (QED) is 0.862. The summed E-state index contributed by atoms with van der Waals surface area (Å²) in [7, 11) is 0. The van der Waals surface area contributed by atoms with Crippen LogP contribution in [0.4, 0.5) is 4.79 Å². The standard InChI is InChI=1S/C15H26N2O3/c1-3-6-12-7-10-16(11-12)14(20)17-9-5-8-15(17,4-2)13(18)19/h12H,3-11H2,1-2H3,(H,18,19). The van der Waals surface area contributed by atoms with Crippen LogP contribution >= 0.6 is 0 Å². The van der Waals surface area contributed by atoms with E-state index in [1.807, 2.05) is 11.8 Å². The second kappa shape index (κ2) is 6.02. The molecule has 1 N–H and O–H groups in total. The number of amides is 2. The van der Waals surface area contributed by atoms with Gasteiger partial charge in [-0.2, -0.15) is 0 Å². The summed E-state index contributed by atoms with van der Waals surface area (Å²) in [6.45, 7) is 6.18. The largest absolute Gasteiger partial charge is 0.479 e. The number of urea groups is 1. The van der Waals surface area contributed by atoms with Gasteiger partial charge in [0.2, 0.25) is 0 Å². The van der Waals surface area contributed by atoms with Crippen molar-refractivity contribution in [3.63, 3.8) is 0 Å². The molecule has 2 fully saturated rings. The first-order valence-electron chi connectivity index (χ1n) is 7.85. The monoisotopic (exact) mass is 282 g/mol. The number of hydrogen-bond donors (Lipinski definition) is 1. The van der Waals surface area contributed by atoms with Gasteiger partial charge in [0, 0.05) is 19.6 Å². The molecule has 20 heavy (non-hydrogen) atoms. The maximum absolute atomic E-state index is 12.7. The Bertz CT molecular complexity index is 385. The van der Waals surface area contributed by atoms with Crippen LogP contribution in [-0.2, 0) is 4.79 Å². The van der Waals surface area contributed by atoms with Gasteiger partial charge < -0.3 is 14.9 Å². The zero-order chi connectivity index (χ0) is 14.8. The van der Waals surface area contributed by atoms with Crippen LogP contribution in [0.5, 0.6) is 0 Å². The van der Waals surface area contributed by atoms with Crippen LogP contribution in [0.25, 0.3) is 0 Å². The summed E-state index contributed by atoms with van der Waals surface area (Å²) in [5.74, 6) is -0.262. The number of carboxylic acids is 1. The zero-order valence-corrected chi connectivity index (χ0v) is 12.6. The highest BCUT2D eigenvalue weighted by molar-refractivity contribution is 5.87. The average Bonchev–Trinajstić information content (AvgIpc) is 3.05. The third-order valence-electron chi connectivity index (χ3n) is 4.96. The second-order valence-corrected chi connectivity index (χ2v) is 6.12. The van der Waals surface area contributed by atoms with Crippen molar-refractivity contribution in [2.24, 2.45) is 5.92 Å². The molecule has 0 bridgehead atoms. The van der Waals surface area contributed by atoms with Crippen LogP contribution in [0.2, 0.25) is 0 Å². The molecule has 2 aliphatic heterocycles. The van der Waals surface area contributed by atoms with Gasteiger partial charge in [0.25, 0.3) is 0 Å². The molecule has 0 aliphatic carbocycles. The van der Waals surface area contributed by atoms with E-state index in [0.717, 1.165) is 38.8 Å². The highest BCUT2D eigenvalue weighted by Crippen LogP contribution is 2.34. The summed E-state index contributed by atoms with van der Waals surface area (Å²) in [4.78, 5) is 27.8. The van der Waals surface area contributed by atoms with Crippen molar-refractivity contribution in [2.75, 3.05) is 19.6 Å². The van der Waals surface area contributed by atoms with Crippen molar-refractivity contribution in [1.29, 1.82) is 0 Å². The first-order valence-corrected chi connectivity index (χ1v) is 7.85. The molecule has 2 amide bonds. The van der Waals surface area contributed by atoms with E-state index in [9.17, 15) is 14.7 Å². The van der Waals surface area contributed by atoms with Crippen molar-refractivity contribution in [2.45, 2.75) is 57.9 Å². The number of carbonyl (C=O) groups excluding carboxylic acids is 1. The molecule has 0 spiro atoms. The molecule has 5 nitrogen and oxygen atoms in total. The fraction of sp³-hybridized carbons (Fsp3) is 0.867. The molecule has 0 saturated carbocycles. The molecule has 2 aliphatic rings. The molecule has 0 aromatic rings. The average molecular weight is 282 g/mol. The molecule has 2 rings (SSSR count). The SMILES string of the molecule is CCCC1CCN(C(=O)N2CCCC2(CC)C(=O)O)C1. The lowest BCUT2D eigenvalue weighted by Crippen LogP contribution is -2.56. The van der Waals surface area contributed by atoms with Crippen LogP contribution in [-0.4, -0.2) is 52.1 Å². The van der Waals surface area contributed by atoms with Crippen LogP contribution in [0.3, 0.4) is 0 Å². The molecule has 5 heteroatoms. The van der Waals surface area contributed by atoms with Crippen molar-refractivity contribution >= 4 is 12.0 Å². The number of carboxylic acid groups (broad SMARTS) is 1. The Morgan fingerprint density at radius 2 is 2.05 bits per heavy atom. The van der Waals surface area contributed by atoms with E-state index in [-0.39, 0.29) is 6.03 Å². The summed E-state index contributed by atoms with van der Waals surface area (Å²) < 4.78 is 0. The van der Waals surface area contributed by atoms with Gasteiger partial charge in [-0.25, -0.2) is 9.59 Å². The minimum Gasteiger partial charge on any atom is -0.479 e. The van der Waals surface area contributed by atoms with Crippen molar-refractivity contribution in [1.82, 2.24) is 9.80 Å². The van der Waals surface area contributed by atoms with Gasteiger partial charge in [0.1, 0.15) is 5.54 Å². The van der Waals surface area contributed by atoms with Crippen molar-refractivity contribution < 1.29 is 14.7 Å². The number of nitrogens with zero attached hydrogens (tertiary/aromatic N) is 2. The highest BCUT2D eigenvalue weighted by Gasteiger charge is 2.50. The third kappa shape index (κ3) is 2.50. The Hall–Kier alpha value is -1.26. The first-order chi connectivity index (χ1) is 9.55. The molecule has 2 saturated heterocycles. The summed E-state index contributed by atoms with van der Waals surface area (Å²) in [5, 5.41) is 9.55. The molecule has 0 radical (unpaired) electrons. The molecule has 114 valence electrons. The summed E-state index contributed by atoms with van der Waals surface area (Å²) >= 11 is 0. The molecule has 2 atom stereocenters. The van der Waals surface area contributed by atoms with Gasteiger partial charge in [0.05, 0.1) is 0 Å². The maximum atomic E-state index is 12.7. The number of hydrogen-bond acceptors (Lipinski definition) is 2. The predicted molar refractivity (Wildman–Crippen MR) is 76.6 cm³/mol. The highest BCUT2D eigenvalue weighted by atomic mass is 16.4. The second-order valence-electron chi connectivity index (χ2n) is 6.12. The third-order valence-corrected chi connectivity index (χ3v) is 4.96. The molecule has 2 unspecified atom stereocenters. The number of carbonyl (C=O) groups is 2. The van der Waals surface area contributed by atoms with Crippen LogP contribution in [0, 0.1) is 5.92 Å². The van der Waals surface area contributed by atoms with Gasteiger partial charge in [0.15, 0.2) is 0 Å². The maximum Gasteiger partial charge on any atom is 0.329 e. The van der Waals surface area contributed by atoms with E-state index in [0.29, 0.717) is 25.3 Å². The van der Waals surface area contributed by atoms with Crippen molar-refractivity contribution in [3.8, 4) is 0 Å². The molecule has 2 heterocycles. The topological polar surface area (TPSA) is 60.9 Å². The smallest absolute Gasteiger partial charge is 0.329 e. The fourth-order valence-corrected chi connectivity index (χ4v) is 3.72.